The van der Waals surface area contributed by atoms with Gasteiger partial charge in [-0.2, -0.15) is 0 Å². The monoisotopic (exact) mass is 1940 g/mol. The number of carboxylic acids is 16. The van der Waals surface area contributed by atoms with E-state index in [9.17, 15) is 113 Å². The number of hydrogen-bond donors (Lipinski definition) is 32. The standard InChI is InChI=1S/C10H6O8.C8H6O4.C7H5NO5.C7H5NO4.C6H18O24P6.C6H8O6.C4H6O4.C2H2O4.CH3O5P/c11-7(12)3-1-4(8(13)14)6(10(17)18)2-5(3)9(15)16;9-7(10)5-3-1-2-4-6(5)8(11)12;8-6(10)4-1-3(9)2-5(13-4)7(11)12;9-6(10)4-2-1-3-8-5(4)7(11)12;7-31(8,9)25-1-2(26-32(10,11)12)4(28-34(16,17)18)6(30-36(22,23)24)5(29-35(19,20)21)3(1)27-33(13,14)15;1-2-6(3(7)8,4(9)10)5(11)12;1-2(3(5)6)4(7)8;3-1(4)2(5)6;2-1(3)7(4,5)6/h1-2H,(H,11,12)(H,13,14)(H,15,16)(H,17,18);1-4H,(H,9,10)(H,11,12);1-2H,(H2,8,10)(H,11,12);1-3H,(H,9,10)(H,11,12);1-6H,(H2,7,8,9)(H2,10,11,12)(H2,13,14,15)(H2,16,17,18)(H2,19,20,21)(H2,22,23,24);2H2,1H3,(H,7,8)(H,9,10)(H,11,12);2H,1H3,(H,5,6)(H,7,8);(H,3,4)(H,5,6);(H,2,3)(H2,4,5,6). The number of phosphoric acid groups is 6. The Bertz CT molecular complexity index is 4540. The Morgan fingerprint density at radius 2 is 0.605 bits per heavy atom. The molecule has 0 saturated heterocycles. The van der Waals surface area contributed by atoms with Crippen LogP contribution in [0.15, 0.2) is 76.1 Å². The number of aliphatic carboxylic acids is 7. The van der Waals surface area contributed by atoms with Crippen LogP contribution in [0.3, 0.4) is 0 Å². The fraction of sp³-hybridized carbons (Fsp3) is 0.216. The molecular weight excluding hydrogens is 1880 g/mol. The highest BCUT2D eigenvalue weighted by molar-refractivity contribution is 7.69. The lowest BCUT2D eigenvalue weighted by Gasteiger charge is -2.48. The largest absolute Gasteiger partial charge is 0.481 e. The maximum atomic E-state index is 11.4. The molecule has 1 saturated carbocycles. The molecule has 5 rings (SSSR count). The molecule has 0 radical (unpaired) electrons. The van der Waals surface area contributed by atoms with E-state index in [4.69, 9.17) is 171 Å². The minimum atomic E-state index is -6.02. The Labute approximate surface area is 677 Å². The molecule has 124 heavy (non-hydrogen) atoms. The van der Waals surface area contributed by atoms with Gasteiger partial charge in [-0.1, -0.05) is 19.1 Å². The number of amides is 1. The summed E-state index contributed by atoms with van der Waals surface area (Å²) in [5.74, 6) is -28.4. The van der Waals surface area contributed by atoms with Crippen LogP contribution < -0.4 is 11.2 Å². The van der Waals surface area contributed by atoms with Crippen molar-refractivity contribution in [2.75, 3.05) is 0 Å². The molecular formula is C51H59N2O64P7. The van der Waals surface area contributed by atoms with Gasteiger partial charge in [-0.05, 0) is 49.7 Å². The van der Waals surface area contributed by atoms with Crippen molar-refractivity contribution in [1.29, 1.82) is 0 Å². The number of carboxylic acid groups (broad SMARTS) is 17. The molecule has 2 heterocycles. The summed E-state index contributed by atoms with van der Waals surface area (Å²) in [7, 11) is -40.9. The van der Waals surface area contributed by atoms with Crippen molar-refractivity contribution in [3.05, 3.63) is 133 Å². The summed E-state index contributed by atoms with van der Waals surface area (Å²) < 4.78 is 107. The van der Waals surface area contributed by atoms with Gasteiger partial charge in [-0.25, -0.2) is 94.5 Å². The predicted octanol–water partition coefficient (Wildman–Crippen LogP) is -3.23. The summed E-state index contributed by atoms with van der Waals surface area (Å²) in [4.78, 5) is 323. The number of nitrogens with zero attached hydrogens (tertiary/aromatic N) is 1. The maximum Gasteiger partial charge on any atom is 0.470 e. The number of benzene rings is 2. The lowest BCUT2D eigenvalue weighted by molar-refractivity contribution is -0.202. The number of aromatic nitrogens is 1. The van der Waals surface area contributed by atoms with Crippen molar-refractivity contribution < 1.29 is 305 Å². The maximum absolute atomic E-state index is 11.4. The Morgan fingerprint density at radius 1 is 0.371 bits per heavy atom. The fourth-order valence-electron chi connectivity index (χ4n) is 7.24. The molecule has 2 aromatic heterocycles. The van der Waals surface area contributed by atoms with Gasteiger partial charge in [0, 0.05) is 18.3 Å². The summed E-state index contributed by atoms with van der Waals surface area (Å²) in [5.41, 5.74) is -4.92. The van der Waals surface area contributed by atoms with Crippen LogP contribution in [0.5, 0.6) is 0 Å². The highest BCUT2D eigenvalue weighted by Crippen LogP contribution is 2.57. The lowest BCUT2D eigenvalue weighted by Crippen LogP contribution is -2.66. The molecule has 1 aliphatic rings. The van der Waals surface area contributed by atoms with E-state index in [1.165, 1.54) is 49.5 Å². The molecule has 2 aromatic carbocycles. The molecule has 66 nitrogen and oxygen atoms in total. The zero-order chi connectivity index (χ0) is 98.9. The minimum Gasteiger partial charge on any atom is -0.481 e. The van der Waals surface area contributed by atoms with Crippen LogP contribution in [0, 0.1) is 11.3 Å². The molecule has 4 aromatic rings. The van der Waals surface area contributed by atoms with Crippen LogP contribution in [0.2, 0.25) is 0 Å². The van der Waals surface area contributed by atoms with E-state index in [1.54, 1.807) is 0 Å². The average molecular weight is 1940 g/mol. The summed E-state index contributed by atoms with van der Waals surface area (Å²) in [5, 5.41) is 141. The van der Waals surface area contributed by atoms with Crippen LogP contribution in [0.1, 0.15) is 124 Å². The number of phosphoric ester groups is 6. The van der Waals surface area contributed by atoms with E-state index in [1.807, 2.05) is 0 Å². The fourth-order valence-corrected chi connectivity index (χ4v) is 10.6. The van der Waals surface area contributed by atoms with Crippen LogP contribution in [0.4, 0.5) is 4.79 Å². The van der Waals surface area contributed by atoms with Crippen LogP contribution in [-0.4, -0.2) is 304 Å². The second-order valence-corrected chi connectivity index (χ2v) is 29.5. The van der Waals surface area contributed by atoms with Gasteiger partial charge in [0.2, 0.25) is 5.76 Å². The Morgan fingerprint density at radius 3 is 0.750 bits per heavy atom. The van der Waals surface area contributed by atoms with Crippen molar-refractivity contribution in [1.82, 2.24) is 4.98 Å². The third-order valence-electron chi connectivity index (χ3n) is 12.2. The van der Waals surface area contributed by atoms with Gasteiger partial charge in [-0.3, -0.25) is 60.7 Å². The second kappa shape index (κ2) is 49.8. The molecule has 33 N–H and O–H groups in total. The summed E-state index contributed by atoms with van der Waals surface area (Å²) >= 11 is 0. The van der Waals surface area contributed by atoms with Crippen LogP contribution in [0.25, 0.3) is 0 Å². The SMILES string of the molecule is CC(C(=O)O)C(=O)O.CCC(C(=O)O)(C(=O)O)C(=O)O.NC(=O)c1cc(=O)cc(C(=O)O)o1.O=C(O)C(=O)O.O=C(O)P(=O)(O)O.O=C(O)c1cc(C(=O)O)c(C(=O)O)cc1C(=O)O.O=C(O)c1ccccc1C(=O)O.O=C(O)c1cccnc1C(=O)O.O=P(O)(O)OC1C(OP(=O)(O)O)C(OP(=O)(O)O)C(OP(=O)(O)O)C(OP(=O)(O)O)C1OP(=O)(O)O. The summed E-state index contributed by atoms with van der Waals surface area (Å²) in [6, 6.07) is 10.6. The Balaban J connectivity index is -0.000000698. The van der Waals surface area contributed by atoms with E-state index in [0.717, 1.165) is 19.1 Å². The minimum absolute atomic E-state index is 0.190. The number of rotatable bonds is 29. The highest BCUT2D eigenvalue weighted by Gasteiger charge is 2.63. The van der Waals surface area contributed by atoms with Crippen LogP contribution in [-0.2, 0) is 92.7 Å². The van der Waals surface area contributed by atoms with E-state index >= 15 is 0 Å². The van der Waals surface area contributed by atoms with Gasteiger partial charge in [-0.15, -0.1) is 0 Å². The molecule has 692 valence electrons. The average Bonchev–Trinajstić information content (AvgIpc) is 0.741. The molecule has 0 atom stereocenters. The van der Waals surface area contributed by atoms with Crippen molar-refractivity contribution in [3.63, 3.8) is 0 Å². The number of carbonyl (C=O) groups is 18. The van der Waals surface area contributed by atoms with Gasteiger partial charge in [0.15, 0.2) is 22.8 Å². The molecule has 1 amide bonds. The van der Waals surface area contributed by atoms with Gasteiger partial charge in [0.1, 0.15) is 36.6 Å². The van der Waals surface area contributed by atoms with Crippen molar-refractivity contribution in [2.24, 2.45) is 17.1 Å². The Kier molecular flexibility index (Phi) is 47.4. The van der Waals surface area contributed by atoms with Crippen molar-refractivity contribution in [3.8, 4) is 0 Å². The van der Waals surface area contributed by atoms with E-state index in [2.05, 4.69) is 36.5 Å². The Hall–Kier alpha value is -12.2. The number of nitrogens with two attached hydrogens (primary N) is 1. The number of pyridine rings is 1. The molecule has 73 heteroatoms. The summed E-state index contributed by atoms with van der Waals surface area (Å²) in [6.45, 7) is 2.31. The van der Waals surface area contributed by atoms with Gasteiger partial charge < -0.3 is 165 Å². The van der Waals surface area contributed by atoms with Crippen LogP contribution >= 0.6 is 54.5 Å². The van der Waals surface area contributed by atoms with E-state index in [0.29, 0.717) is 12.1 Å². The zero-order valence-electron chi connectivity index (χ0n) is 59.6. The molecule has 0 spiro atoms. The first kappa shape index (κ1) is 118. The number of primary amides is 1. The third kappa shape index (κ3) is 44.6. The second-order valence-electron chi connectivity index (χ2n) is 20.9. The molecule has 0 bridgehead atoms. The molecule has 1 fully saturated rings. The normalized spacial score (nSPS) is 15.4. The number of hydrogen-bond acceptors (Lipinski definition) is 34. The third-order valence-corrected chi connectivity index (χ3v) is 15.8. The molecule has 1 aliphatic carbocycles. The van der Waals surface area contributed by atoms with Gasteiger partial charge in [0.25, 0.3) is 11.3 Å². The predicted molar refractivity (Wildman–Crippen MR) is 370 cm³/mol. The molecule has 0 aliphatic heterocycles. The number of aromatic carboxylic acids is 9. The van der Waals surface area contributed by atoms with Crippen molar-refractivity contribution >= 4 is 162 Å². The van der Waals surface area contributed by atoms with E-state index in [-0.39, 0.29) is 16.7 Å². The van der Waals surface area contributed by atoms with Gasteiger partial charge >= 0.3 is 156 Å². The van der Waals surface area contributed by atoms with E-state index < -0.39 is 261 Å². The first-order valence-corrected chi connectivity index (χ1v) is 40.0. The van der Waals surface area contributed by atoms with Gasteiger partial charge in [0.05, 0.1) is 38.9 Å². The smallest absolute Gasteiger partial charge is 0.470 e. The molecule has 0 unspecified atom stereocenters. The highest BCUT2D eigenvalue weighted by atomic mass is 31.2. The number of carbonyl (C=O) groups excluding carboxylic acids is 1. The van der Waals surface area contributed by atoms with Crippen molar-refractivity contribution in [2.45, 2.75) is 56.9 Å². The topological polar surface area (TPSA) is 1180 Å². The summed E-state index contributed by atoms with van der Waals surface area (Å²) in [6.07, 6.45) is -18.1. The quantitative estimate of drug-likeness (QED) is 0.0144. The first-order valence-electron chi connectivity index (χ1n) is 29.2. The zero-order valence-corrected chi connectivity index (χ0v) is 65.9. The first-order chi connectivity index (χ1) is 55.6. The lowest BCUT2D eigenvalue weighted by atomic mass is 9.85.